The number of ether oxygens (including phenoxy) is 1. The van der Waals surface area contributed by atoms with Crippen LogP contribution in [0.1, 0.15) is 36.9 Å². The first-order valence-electron chi connectivity index (χ1n) is 10.9. The van der Waals surface area contributed by atoms with E-state index in [0.717, 1.165) is 63.6 Å². The van der Waals surface area contributed by atoms with Crippen LogP contribution in [0.5, 0.6) is 6.01 Å². The highest BCUT2D eigenvalue weighted by Crippen LogP contribution is 2.29. The minimum atomic E-state index is 0.236. The van der Waals surface area contributed by atoms with E-state index in [1.165, 1.54) is 18.4 Å². The number of aromatic nitrogens is 2. The molecule has 29 heavy (non-hydrogen) atoms. The number of nitrogens with zero attached hydrogens (tertiary/aromatic N) is 6. The van der Waals surface area contributed by atoms with Crippen LogP contribution in [0.3, 0.4) is 0 Å². The maximum absolute atomic E-state index is 9.21. The Labute approximate surface area is 173 Å². The second kappa shape index (κ2) is 9.24. The Morgan fingerprint density at radius 1 is 1.14 bits per heavy atom. The summed E-state index contributed by atoms with van der Waals surface area (Å²) in [6, 6.07) is 3.52. The summed E-state index contributed by atoms with van der Waals surface area (Å²) in [6.07, 6.45) is 5.01. The molecule has 2 atom stereocenters. The fraction of sp³-hybridized carbons (Fsp3) is 0.762. The van der Waals surface area contributed by atoms with Crippen molar-refractivity contribution in [1.82, 2.24) is 25.1 Å². The summed E-state index contributed by atoms with van der Waals surface area (Å²) in [5.74, 6) is 1.02. The molecule has 8 heteroatoms. The molecule has 158 valence electrons. The summed E-state index contributed by atoms with van der Waals surface area (Å²) in [5.41, 5.74) is 2.32. The van der Waals surface area contributed by atoms with Gasteiger partial charge in [-0.2, -0.15) is 15.2 Å². The van der Waals surface area contributed by atoms with Gasteiger partial charge in [0.2, 0.25) is 0 Å². The molecule has 3 aliphatic heterocycles. The number of nitrogens with one attached hydrogen (secondary N) is 1. The first-order valence-corrected chi connectivity index (χ1v) is 10.9. The molecule has 1 N–H and O–H groups in total. The quantitative estimate of drug-likeness (QED) is 0.786. The van der Waals surface area contributed by atoms with Gasteiger partial charge in [-0.05, 0) is 52.9 Å². The van der Waals surface area contributed by atoms with E-state index in [-0.39, 0.29) is 6.04 Å². The first kappa shape index (κ1) is 20.3. The van der Waals surface area contributed by atoms with Crippen LogP contribution in [0.2, 0.25) is 0 Å². The van der Waals surface area contributed by atoms with Crippen LogP contribution < -0.4 is 15.0 Å². The lowest BCUT2D eigenvalue weighted by Gasteiger charge is -2.40. The number of fused-ring (bicyclic) bond motifs is 1. The van der Waals surface area contributed by atoms with Gasteiger partial charge in [-0.1, -0.05) is 0 Å². The smallest absolute Gasteiger partial charge is 0.318 e. The van der Waals surface area contributed by atoms with E-state index in [0.29, 0.717) is 25.1 Å². The zero-order valence-corrected chi connectivity index (χ0v) is 17.7. The highest BCUT2D eigenvalue weighted by Gasteiger charge is 2.29. The van der Waals surface area contributed by atoms with Gasteiger partial charge >= 0.3 is 6.01 Å². The van der Waals surface area contributed by atoms with E-state index in [4.69, 9.17) is 14.7 Å². The molecule has 1 aromatic heterocycles. The predicted molar refractivity (Wildman–Crippen MR) is 112 cm³/mol. The fourth-order valence-electron chi connectivity index (χ4n) is 4.65. The van der Waals surface area contributed by atoms with Crippen molar-refractivity contribution in [2.45, 2.75) is 50.7 Å². The second-order valence-corrected chi connectivity index (χ2v) is 8.57. The van der Waals surface area contributed by atoms with Crippen molar-refractivity contribution >= 4 is 5.82 Å². The van der Waals surface area contributed by atoms with Gasteiger partial charge in [0.15, 0.2) is 0 Å². The molecule has 8 nitrogen and oxygen atoms in total. The second-order valence-electron chi connectivity index (χ2n) is 8.57. The highest BCUT2D eigenvalue weighted by molar-refractivity contribution is 5.51. The topological polar surface area (TPSA) is 80.6 Å². The third-order valence-electron chi connectivity index (χ3n) is 6.60. The van der Waals surface area contributed by atoms with Crippen molar-refractivity contribution in [3.8, 4) is 12.1 Å². The van der Waals surface area contributed by atoms with Crippen LogP contribution >= 0.6 is 0 Å². The minimum absolute atomic E-state index is 0.236. The largest absolute Gasteiger partial charge is 0.462 e. The molecule has 4 rings (SSSR count). The van der Waals surface area contributed by atoms with E-state index in [1.54, 1.807) is 0 Å². The molecule has 0 aliphatic carbocycles. The van der Waals surface area contributed by atoms with Crippen molar-refractivity contribution in [2.75, 3.05) is 58.3 Å². The van der Waals surface area contributed by atoms with Gasteiger partial charge in [-0.25, -0.2) is 0 Å². The Kier molecular flexibility index (Phi) is 6.48. The van der Waals surface area contributed by atoms with Crippen molar-refractivity contribution in [2.24, 2.45) is 0 Å². The molecule has 0 spiro atoms. The van der Waals surface area contributed by atoms with Gasteiger partial charge in [-0.3, -0.25) is 4.90 Å². The lowest BCUT2D eigenvalue weighted by atomic mass is 10.1. The summed E-state index contributed by atoms with van der Waals surface area (Å²) in [7, 11) is 4.27. The molecule has 0 unspecified atom stereocenters. The first-order chi connectivity index (χ1) is 14.2. The zero-order chi connectivity index (χ0) is 20.2. The van der Waals surface area contributed by atoms with Crippen LogP contribution in [-0.2, 0) is 13.0 Å². The molecule has 0 bridgehead atoms. The molecule has 0 amide bonds. The average molecular weight is 400 g/mol. The average Bonchev–Trinajstić information content (AvgIpc) is 2.98. The molecule has 3 aliphatic rings. The number of piperazine rings is 1. The lowest BCUT2D eigenvalue weighted by molar-refractivity contribution is 0.187. The number of hydrogen-bond donors (Lipinski definition) is 1. The van der Waals surface area contributed by atoms with Crippen LogP contribution in [0.15, 0.2) is 0 Å². The minimum Gasteiger partial charge on any atom is -0.462 e. The zero-order valence-electron chi connectivity index (χ0n) is 17.7. The number of hydrogen-bond acceptors (Lipinski definition) is 8. The standard InChI is InChI=1S/C21H33N7O/c1-26-10-4-5-17(26)15-29-21-24-19-13-23-9-3-6-18(19)20(25-21)28-12-11-27(2)16(14-28)7-8-22/h16-17,23H,3-7,9-15H2,1-2H3/t16-,17-/m0/s1. The van der Waals surface area contributed by atoms with Crippen LogP contribution in [0, 0.1) is 11.3 Å². The predicted octanol–water partition coefficient (Wildman–Crippen LogP) is 1.02. The lowest BCUT2D eigenvalue weighted by Crippen LogP contribution is -2.52. The molecule has 1 aromatic rings. The van der Waals surface area contributed by atoms with Gasteiger partial charge < -0.3 is 19.9 Å². The number of nitriles is 1. The Balaban J connectivity index is 1.58. The summed E-state index contributed by atoms with van der Waals surface area (Å²) in [6.45, 7) is 6.22. The van der Waals surface area contributed by atoms with Gasteiger partial charge in [-0.15, -0.1) is 0 Å². The Hall–Kier alpha value is -1.95. The molecule has 2 saturated heterocycles. The van der Waals surface area contributed by atoms with E-state index in [2.05, 4.69) is 40.2 Å². The van der Waals surface area contributed by atoms with Gasteiger partial charge in [0.1, 0.15) is 12.4 Å². The maximum atomic E-state index is 9.21. The summed E-state index contributed by atoms with van der Waals surface area (Å²) in [4.78, 5) is 16.7. The molecular weight excluding hydrogens is 366 g/mol. The summed E-state index contributed by atoms with van der Waals surface area (Å²) in [5, 5.41) is 12.7. The van der Waals surface area contributed by atoms with Crippen LogP contribution in [0.25, 0.3) is 0 Å². The third kappa shape index (κ3) is 4.63. The SMILES string of the molecule is CN1CCC[C@H]1COc1nc2c(c(N3CCN(C)[C@@H](CC#N)C3)n1)CCCNC2. The number of anilines is 1. The summed E-state index contributed by atoms with van der Waals surface area (Å²) >= 11 is 0. The van der Waals surface area contributed by atoms with Gasteiger partial charge in [0.25, 0.3) is 0 Å². The molecule has 2 fully saturated rings. The number of likely N-dealkylation sites (tertiary alicyclic amines) is 1. The van der Waals surface area contributed by atoms with Crippen molar-refractivity contribution in [3.05, 3.63) is 11.3 Å². The summed E-state index contributed by atoms with van der Waals surface area (Å²) < 4.78 is 6.11. The number of likely N-dealkylation sites (N-methyl/N-ethyl adjacent to an activating group) is 2. The maximum Gasteiger partial charge on any atom is 0.318 e. The Morgan fingerprint density at radius 2 is 2.00 bits per heavy atom. The highest BCUT2D eigenvalue weighted by atomic mass is 16.5. The molecule has 0 saturated carbocycles. The van der Waals surface area contributed by atoms with Crippen molar-refractivity contribution in [3.63, 3.8) is 0 Å². The molecule has 0 aromatic carbocycles. The Morgan fingerprint density at radius 3 is 2.79 bits per heavy atom. The van der Waals surface area contributed by atoms with E-state index in [1.807, 2.05) is 0 Å². The molecular formula is C21H33N7O. The number of rotatable bonds is 5. The van der Waals surface area contributed by atoms with Crippen LogP contribution in [-0.4, -0.2) is 85.3 Å². The van der Waals surface area contributed by atoms with E-state index >= 15 is 0 Å². The van der Waals surface area contributed by atoms with Gasteiger partial charge in [0.05, 0.1) is 18.2 Å². The van der Waals surface area contributed by atoms with Crippen LogP contribution in [0.4, 0.5) is 5.82 Å². The van der Waals surface area contributed by atoms with Crippen molar-refractivity contribution < 1.29 is 4.74 Å². The third-order valence-corrected chi connectivity index (χ3v) is 6.60. The molecule has 4 heterocycles. The fourth-order valence-corrected chi connectivity index (χ4v) is 4.65. The normalized spacial score (nSPS) is 26.0. The van der Waals surface area contributed by atoms with E-state index in [9.17, 15) is 5.26 Å². The van der Waals surface area contributed by atoms with Gasteiger partial charge in [0, 0.05) is 43.8 Å². The monoisotopic (exact) mass is 399 g/mol. The molecule has 0 radical (unpaired) electrons. The van der Waals surface area contributed by atoms with Crippen molar-refractivity contribution in [1.29, 1.82) is 5.26 Å². The van der Waals surface area contributed by atoms with E-state index < -0.39 is 0 Å². The Bertz CT molecular complexity index is 749.